The third kappa shape index (κ3) is 3.13. The molecule has 2 aromatic rings. The van der Waals surface area contributed by atoms with Gasteiger partial charge in [-0.25, -0.2) is 4.79 Å². The minimum atomic E-state index is -1.26. The van der Waals surface area contributed by atoms with Crippen LogP contribution in [-0.2, 0) is 0 Å². The molecule has 9 heteroatoms. The molecule has 0 amide bonds. The molecule has 1 aliphatic carbocycles. The minimum Gasteiger partial charge on any atom is -0.507 e. The van der Waals surface area contributed by atoms with Gasteiger partial charge >= 0.3 is 5.97 Å². The molecule has 1 aliphatic heterocycles. The van der Waals surface area contributed by atoms with Crippen LogP contribution in [0.2, 0.25) is 10.0 Å². The number of carboxylic acid groups (broad SMARTS) is 1. The van der Waals surface area contributed by atoms with Gasteiger partial charge in [0.1, 0.15) is 14.7 Å². The van der Waals surface area contributed by atoms with E-state index in [4.69, 9.17) is 27.6 Å². The summed E-state index contributed by atoms with van der Waals surface area (Å²) < 4.78 is 6.33. The smallest absolute Gasteiger partial charge is 0.337 e. The maximum absolute atomic E-state index is 12.2. The van der Waals surface area contributed by atoms with Crippen molar-refractivity contribution in [1.29, 1.82) is 0 Å². The minimum absolute atomic E-state index is 0.0105. The summed E-state index contributed by atoms with van der Waals surface area (Å²) in [5, 5.41) is 20.5. The SMILES string of the molecule is O=C(O)c1c(Cl)ccc(Cl)c1-c1c2ccc(=O)c(Br)c-2oc2c(Br)c(O)ccc12. The first-order valence-electron chi connectivity index (χ1n) is 8.00. The second-order valence-corrected chi connectivity index (χ2v) is 8.49. The van der Waals surface area contributed by atoms with Crippen molar-refractivity contribution in [2.45, 2.75) is 0 Å². The molecule has 146 valence electrons. The molecule has 5 nitrogen and oxygen atoms in total. The van der Waals surface area contributed by atoms with Crippen molar-refractivity contribution >= 4 is 72.0 Å². The summed E-state index contributed by atoms with van der Waals surface area (Å²) in [6, 6.07) is 8.79. The lowest BCUT2D eigenvalue weighted by Crippen LogP contribution is -2.06. The van der Waals surface area contributed by atoms with Gasteiger partial charge in [-0.15, -0.1) is 0 Å². The van der Waals surface area contributed by atoms with Gasteiger partial charge in [0.05, 0.1) is 10.6 Å². The van der Waals surface area contributed by atoms with Crippen molar-refractivity contribution in [3.05, 3.63) is 71.2 Å². The highest BCUT2D eigenvalue weighted by Crippen LogP contribution is 2.49. The Morgan fingerprint density at radius 2 is 1.62 bits per heavy atom. The van der Waals surface area contributed by atoms with Gasteiger partial charge in [0.2, 0.25) is 0 Å². The first kappa shape index (κ1) is 20.2. The average molecular weight is 559 g/mol. The number of phenolic OH excluding ortho intramolecular Hbond substituents is 1. The molecule has 0 atom stereocenters. The summed E-state index contributed by atoms with van der Waals surface area (Å²) >= 11 is 19.1. The molecule has 2 aliphatic rings. The quantitative estimate of drug-likeness (QED) is 0.264. The van der Waals surface area contributed by atoms with E-state index in [0.29, 0.717) is 16.5 Å². The molecule has 0 spiro atoms. The molecule has 0 radical (unpaired) electrons. The Balaban J connectivity index is 2.34. The van der Waals surface area contributed by atoms with Gasteiger partial charge in [-0.2, -0.15) is 0 Å². The van der Waals surface area contributed by atoms with Crippen LogP contribution in [0.5, 0.6) is 5.75 Å². The molecule has 2 N–H and O–H groups in total. The van der Waals surface area contributed by atoms with Crippen LogP contribution < -0.4 is 5.43 Å². The second kappa shape index (κ2) is 7.32. The number of rotatable bonds is 2. The fourth-order valence-electron chi connectivity index (χ4n) is 3.20. The molecule has 0 unspecified atom stereocenters. The second-order valence-electron chi connectivity index (χ2n) is 6.09. The maximum Gasteiger partial charge on any atom is 0.337 e. The predicted octanol–water partition coefficient (Wildman–Crippen LogP) is 6.80. The Morgan fingerprint density at radius 1 is 0.931 bits per heavy atom. The fourth-order valence-corrected chi connectivity index (χ4v) is 4.54. The van der Waals surface area contributed by atoms with Gasteiger partial charge in [0, 0.05) is 27.1 Å². The molecule has 0 saturated heterocycles. The molecule has 0 bridgehead atoms. The van der Waals surface area contributed by atoms with E-state index >= 15 is 0 Å². The number of carboxylic acids is 1. The van der Waals surface area contributed by atoms with Gasteiger partial charge in [-0.3, -0.25) is 4.79 Å². The number of hydrogen-bond donors (Lipinski definition) is 2. The van der Waals surface area contributed by atoms with E-state index in [2.05, 4.69) is 31.9 Å². The fraction of sp³-hybridized carbons (Fsp3) is 0. The number of halogens is 4. The maximum atomic E-state index is 12.2. The summed E-state index contributed by atoms with van der Waals surface area (Å²) in [5.41, 5.74) is 0.755. The van der Waals surface area contributed by atoms with Gasteiger partial charge in [0.25, 0.3) is 0 Å². The van der Waals surface area contributed by atoms with Crippen LogP contribution in [-0.4, -0.2) is 16.2 Å². The van der Waals surface area contributed by atoms with Crippen LogP contribution in [0, 0.1) is 0 Å². The van der Waals surface area contributed by atoms with Gasteiger partial charge in [-0.1, -0.05) is 23.2 Å². The van der Waals surface area contributed by atoms with Gasteiger partial charge in [-0.05, 0) is 68.3 Å². The summed E-state index contributed by atoms with van der Waals surface area (Å²) in [4.78, 5) is 24.2. The van der Waals surface area contributed by atoms with Gasteiger partial charge in [0.15, 0.2) is 16.8 Å². The standard InChI is InChI=1S/C20H8Br2Cl2O5/c21-16-11(25)5-1-7-13(14-9(23)3-4-10(24)15(14)20(27)28)8-2-6-12(26)17(22)19(8)29-18(7)16/h1-6,25H,(H,27,28). The Bertz CT molecular complexity index is 1360. The summed E-state index contributed by atoms with van der Waals surface area (Å²) in [5.74, 6) is -1.16. The highest BCUT2D eigenvalue weighted by molar-refractivity contribution is 9.11. The Hall–Kier alpha value is -2.06. The molecule has 29 heavy (non-hydrogen) atoms. The lowest BCUT2D eigenvalue weighted by Gasteiger charge is -2.19. The third-order valence-corrected chi connectivity index (χ3v) is 6.60. The van der Waals surface area contributed by atoms with Crippen LogP contribution in [0.25, 0.3) is 33.4 Å². The van der Waals surface area contributed by atoms with E-state index in [0.717, 1.165) is 0 Å². The normalized spacial score (nSPS) is 11.3. The molecule has 4 rings (SSSR count). The number of phenols is 1. The van der Waals surface area contributed by atoms with Crippen molar-refractivity contribution in [1.82, 2.24) is 0 Å². The van der Waals surface area contributed by atoms with E-state index in [1.54, 1.807) is 6.07 Å². The highest BCUT2D eigenvalue weighted by Gasteiger charge is 2.28. The summed E-state index contributed by atoms with van der Waals surface area (Å²) in [7, 11) is 0. The zero-order valence-electron chi connectivity index (χ0n) is 14.1. The number of fused-ring (bicyclic) bond motifs is 2. The highest BCUT2D eigenvalue weighted by atomic mass is 79.9. The van der Waals surface area contributed by atoms with E-state index in [1.165, 1.54) is 30.3 Å². The lowest BCUT2D eigenvalue weighted by molar-refractivity contribution is 0.0698. The van der Waals surface area contributed by atoms with Crippen molar-refractivity contribution in [2.75, 3.05) is 0 Å². The molecular formula is C20H8Br2Cl2O5. The number of benzene rings is 3. The topological polar surface area (TPSA) is 87.7 Å². The Morgan fingerprint density at radius 3 is 2.31 bits per heavy atom. The lowest BCUT2D eigenvalue weighted by atomic mass is 9.90. The molecule has 1 heterocycles. The molecular weight excluding hydrogens is 551 g/mol. The van der Waals surface area contributed by atoms with E-state index < -0.39 is 5.97 Å². The first-order valence-corrected chi connectivity index (χ1v) is 10.3. The molecule has 0 fully saturated rings. The van der Waals surface area contributed by atoms with Crippen LogP contribution in [0.3, 0.4) is 0 Å². The van der Waals surface area contributed by atoms with E-state index in [1.807, 2.05) is 0 Å². The largest absolute Gasteiger partial charge is 0.507 e. The predicted molar refractivity (Wildman–Crippen MR) is 119 cm³/mol. The van der Waals surface area contributed by atoms with Gasteiger partial charge < -0.3 is 14.6 Å². The first-order chi connectivity index (χ1) is 13.7. The van der Waals surface area contributed by atoms with Crippen LogP contribution >= 0.6 is 55.1 Å². The third-order valence-electron chi connectivity index (χ3n) is 4.45. The Labute approximate surface area is 190 Å². The van der Waals surface area contributed by atoms with E-state index in [9.17, 15) is 19.8 Å². The van der Waals surface area contributed by atoms with E-state index in [-0.39, 0.29) is 52.6 Å². The van der Waals surface area contributed by atoms with Crippen LogP contribution in [0.1, 0.15) is 10.4 Å². The number of aromatic hydroxyl groups is 1. The van der Waals surface area contributed by atoms with Crippen molar-refractivity contribution in [2.24, 2.45) is 0 Å². The number of carbonyl (C=O) groups is 1. The van der Waals surface area contributed by atoms with Crippen LogP contribution in [0.4, 0.5) is 0 Å². The summed E-state index contributed by atoms with van der Waals surface area (Å²) in [6.07, 6.45) is 0. The summed E-state index contributed by atoms with van der Waals surface area (Å²) in [6.45, 7) is 0. The monoisotopic (exact) mass is 556 g/mol. The van der Waals surface area contributed by atoms with Crippen molar-refractivity contribution in [3.8, 4) is 28.2 Å². The molecule has 0 saturated carbocycles. The number of aromatic carboxylic acids is 1. The van der Waals surface area contributed by atoms with Crippen molar-refractivity contribution < 1.29 is 19.4 Å². The van der Waals surface area contributed by atoms with Crippen LogP contribution in [0.15, 0.2) is 54.6 Å². The zero-order valence-corrected chi connectivity index (χ0v) is 18.8. The molecule has 0 aromatic heterocycles. The molecule has 2 aromatic carbocycles. The van der Waals surface area contributed by atoms with Crippen molar-refractivity contribution in [3.63, 3.8) is 0 Å². The Kier molecular flexibility index (Phi) is 5.11. The average Bonchev–Trinajstić information content (AvgIpc) is 2.68. The number of hydrogen-bond acceptors (Lipinski definition) is 4. The zero-order chi connectivity index (χ0) is 21.0.